The average molecular weight is 339 g/mol. The van der Waals surface area contributed by atoms with Gasteiger partial charge in [0.15, 0.2) is 5.69 Å². The molecular formula is C12H7Cl2F3N2S. The zero-order chi connectivity index (χ0) is 14.9. The van der Waals surface area contributed by atoms with Crippen LogP contribution in [0.15, 0.2) is 34.1 Å². The third kappa shape index (κ3) is 3.56. The summed E-state index contributed by atoms with van der Waals surface area (Å²) in [5.74, 6) is -0.0252. The number of nitrogens with zero attached hydrogens (tertiary/aromatic N) is 2. The molecule has 1 aromatic carbocycles. The molecule has 0 atom stereocenters. The van der Waals surface area contributed by atoms with Gasteiger partial charge in [0.25, 0.3) is 0 Å². The molecule has 2 aromatic rings. The van der Waals surface area contributed by atoms with Gasteiger partial charge < -0.3 is 0 Å². The minimum Gasteiger partial charge on any atom is -0.227 e. The lowest BCUT2D eigenvalue weighted by atomic mass is 10.4. The number of benzene rings is 1. The van der Waals surface area contributed by atoms with Gasteiger partial charge in [0.1, 0.15) is 11.0 Å². The van der Waals surface area contributed by atoms with Crippen molar-refractivity contribution < 1.29 is 13.2 Å². The lowest BCUT2D eigenvalue weighted by Gasteiger charge is -2.13. The van der Waals surface area contributed by atoms with E-state index in [1.165, 1.54) is 6.92 Å². The fraction of sp³-hybridized carbons (Fsp3) is 0.167. The molecule has 20 heavy (non-hydrogen) atoms. The van der Waals surface area contributed by atoms with Crippen molar-refractivity contribution in [2.75, 3.05) is 0 Å². The molecule has 2 rings (SSSR count). The highest BCUT2D eigenvalue weighted by Crippen LogP contribution is 2.41. The molecule has 1 aromatic heterocycles. The largest absolute Gasteiger partial charge is 0.434 e. The fourth-order valence-corrected chi connectivity index (χ4v) is 2.78. The topological polar surface area (TPSA) is 25.8 Å². The number of hydrogen-bond acceptors (Lipinski definition) is 3. The van der Waals surface area contributed by atoms with Crippen molar-refractivity contribution in [3.63, 3.8) is 0 Å². The zero-order valence-electron chi connectivity index (χ0n) is 10.0. The van der Waals surface area contributed by atoms with Crippen LogP contribution < -0.4 is 0 Å². The van der Waals surface area contributed by atoms with E-state index in [2.05, 4.69) is 9.97 Å². The van der Waals surface area contributed by atoms with Crippen LogP contribution >= 0.6 is 35.0 Å². The predicted molar refractivity (Wildman–Crippen MR) is 72.4 cm³/mol. The molecule has 0 unspecified atom stereocenters. The molecule has 106 valence electrons. The lowest BCUT2D eigenvalue weighted by molar-refractivity contribution is -0.143. The Kier molecular flexibility index (Phi) is 4.46. The van der Waals surface area contributed by atoms with Gasteiger partial charge in [0, 0.05) is 9.92 Å². The van der Waals surface area contributed by atoms with E-state index in [9.17, 15) is 13.2 Å². The highest BCUT2D eigenvalue weighted by Gasteiger charge is 2.37. The van der Waals surface area contributed by atoms with E-state index in [1.807, 2.05) is 0 Å². The predicted octanol–water partition coefficient (Wildman–Crippen LogP) is 5.26. The first kappa shape index (κ1) is 15.4. The maximum Gasteiger partial charge on any atom is 0.434 e. The van der Waals surface area contributed by atoms with Crippen LogP contribution in [-0.4, -0.2) is 9.97 Å². The summed E-state index contributed by atoms with van der Waals surface area (Å²) in [6.45, 7) is 1.36. The van der Waals surface area contributed by atoms with Gasteiger partial charge in [-0.15, -0.1) is 0 Å². The van der Waals surface area contributed by atoms with Gasteiger partial charge in [0.05, 0.1) is 4.90 Å². The van der Waals surface area contributed by atoms with E-state index >= 15 is 0 Å². The van der Waals surface area contributed by atoms with Gasteiger partial charge in [-0.05, 0) is 31.2 Å². The maximum atomic E-state index is 13.0. The smallest absolute Gasteiger partial charge is 0.227 e. The first-order chi connectivity index (χ1) is 9.27. The minimum absolute atomic E-state index is 0.0252. The van der Waals surface area contributed by atoms with Crippen LogP contribution in [0.25, 0.3) is 0 Å². The third-order valence-corrected chi connectivity index (χ3v) is 3.97. The molecule has 0 saturated carbocycles. The Morgan fingerprint density at radius 3 is 2.20 bits per heavy atom. The van der Waals surface area contributed by atoms with Gasteiger partial charge in [0.2, 0.25) is 0 Å². The van der Waals surface area contributed by atoms with Crippen molar-refractivity contribution in [2.24, 2.45) is 0 Å². The maximum absolute atomic E-state index is 13.0. The van der Waals surface area contributed by atoms with Gasteiger partial charge >= 0.3 is 6.18 Å². The summed E-state index contributed by atoms with van der Waals surface area (Å²) >= 11 is 12.4. The van der Waals surface area contributed by atoms with Gasteiger partial charge in [-0.2, -0.15) is 13.2 Å². The molecule has 0 saturated heterocycles. The van der Waals surface area contributed by atoms with Crippen LogP contribution in [-0.2, 0) is 6.18 Å². The molecule has 0 N–H and O–H groups in total. The minimum atomic E-state index is -4.59. The number of alkyl halides is 3. The van der Waals surface area contributed by atoms with E-state index in [0.717, 1.165) is 11.8 Å². The van der Waals surface area contributed by atoms with Crippen molar-refractivity contribution in [3.8, 4) is 0 Å². The Morgan fingerprint density at radius 2 is 1.65 bits per heavy atom. The molecule has 0 fully saturated rings. The number of rotatable bonds is 2. The Morgan fingerprint density at radius 1 is 1.05 bits per heavy atom. The Labute approximate surface area is 127 Å². The van der Waals surface area contributed by atoms with Crippen molar-refractivity contribution in [2.45, 2.75) is 22.9 Å². The fourth-order valence-electron chi connectivity index (χ4n) is 1.43. The lowest BCUT2D eigenvalue weighted by Crippen LogP contribution is -2.12. The van der Waals surface area contributed by atoms with E-state index in [1.54, 1.807) is 24.3 Å². The van der Waals surface area contributed by atoms with Crippen LogP contribution in [0.1, 0.15) is 11.5 Å². The Balaban J connectivity index is 2.47. The summed E-state index contributed by atoms with van der Waals surface area (Å²) in [5.41, 5.74) is -1.03. The molecule has 0 spiro atoms. The van der Waals surface area contributed by atoms with Crippen LogP contribution in [0.5, 0.6) is 0 Å². The number of hydrogen-bond donors (Lipinski definition) is 0. The van der Waals surface area contributed by atoms with Crippen molar-refractivity contribution in [1.29, 1.82) is 0 Å². The highest BCUT2D eigenvalue weighted by molar-refractivity contribution is 7.99. The molecule has 0 radical (unpaired) electrons. The second kappa shape index (κ2) is 5.79. The molecule has 1 heterocycles. The molecular weight excluding hydrogens is 332 g/mol. The quantitative estimate of drug-likeness (QED) is 0.698. The monoisotopic (exact) mass is 338 g/mol. The summed E-state index contributed by atoms with van der Waals surface area (Å²) < 4.78 is 39.0. The van der Waals surface area contributed by atoms with Crippen LogP contribution in [0, 0.1) is 6.92 Å². The van der Waals surface area contributed by atoms with Gasteiger partial charge in [-0.1, -0.05) is 35.0 Å². The number of halogens is 5. The van der Waals surface area contributed by atoms with E-state index in [0.29, 0.717) is 9.92 Å². The Bertz CT molecular complexity index is 630. The average Bonchev–Trinajstić information content (AvgIpc) is 2.33. The van der Waals surface area contributed by atoms with E-state index < -0.39 is 11.9 Å². The molecule has 0 bridgehead atoms. The van der Waals surface area contributed by atoms with Gasteiger partial charge in [-0.3, -0.25) is 0 Å². The Hall–Kier alpha value is -0.980. The van der Waals surface area contributed by atoms with E-state index in [-0.39, 0.29) is 15.9 Å². The van der Waals surface area contributed by atoms with Crippen molar-refractivity contribution in [1.82, 2.24) is 9.97 Å². The standard InChI is InChI=1S/C12H7Cl2F3N2S/c1-6-18-10(12(15,16)17)9(11(14)19-6)20-8-4-2-7(13)3-5-8/h2-5H,1H3. The molecule has 0 amide bonds. The van der Waals surface area contributed by atoms with Crippen molar-refractivity contribution >= 4 is 35.0 Å². The summed E-state index contributed by atoms with van der Waals surface area (Å²) in [4.78, 5) is 7.57. The third-order valence-electron chi connectivity index (χ3n) is 2.24. The number of aromatic nitrogens is 2. The summed E-state index contributed by atoms with van der Waals surface area (Å²) in [6, 6.07) is 6.37. The SMILES string of the molecule is Cc1nc(Cl)c(Sc2ccc(Cl)cc2)c(C(F)(F)F)n1. The second-order valence-corrected chi connectivity index (χ2v) is 5.67. The van der Waals surface area contributed by atoms with Crippen LogP contribution in [0.4, 0.5) is 13.2 Å². The zero-order valence-corrected chi connectivity index (χ0v) is 12.3. The summed E-state index contributed by atoms with van der Waals surface area (Å²) in [6.07, 6.45) is -4.59. The molecule has 0 aliphatic carbocycles. The summed E-state index contributed by atoms with van der Waals surface area (Å²) in [7, 11) is 0. The molecule has 8 heteroatoms. The normalized spacial score (nSPS) is 11.7. The summed E-state index contributed by atoms with van der Waals surface area (Å²) in [5, 5.41) is 0.279. The van der Waals surface area contributed by atoms with Crippen LogP contribution in [0.2, 0.25) is 10.2 Å². The second-order valence-electron chi connectivity index (χ2n) is 3.79. The first-order valence-corrected chi connectivity index (χ1v) is 6.89. The molecule has 2 nitrogen and oxygen atoms in total. The first-order valence-electron chi connectivity index (χ1n) is 5.32. The van der Waals surface area contributed by atoms with E-state index in [4.69, 9.17) is 23.2 Å². The molecule has 0 aliphatic heterocycles. The van der Waals surface area contributed by atoms with Gasteiger partial charge in [-0.25, -0.2) is 9.97 Å². The van der Waals surface area contributed by atoms with Crippen molar-refractivity contribution in [3.05, 3.63) is 46.0 Å². The van der Waals surface area contributed by atoms with Crippen LogP contribution in [0.3, 0.4) is 0 Å². The molecule has 0 aliphatic rings. The number of aryl methyl sites for hydroxylation is 1. The highest BCUT2D eigenvalue weighted by atomic mass is 35.5.